The molecule has 0 fully saturated rings. The lowest BCUT2D eigenvalue weighted by atomic mass is 9.99. The highest BCUT2D eigenvalue weighted by Crippen LogP contribution is 2.32. The van der Waals surface area contributed by atoms with Gasteiger partial charge in [0.2, 0.25) is 0 Å². The largest absolute Gasteiger partial charge is 0.466 e. The topological polar surface area (TPSA) is 136 Å². The third-order valence-corrected chi connectivity index (χ3v) is 2.72. The molecule has 0 bridgehead atoms. The second-order valence-corrected chi connectivity index (χ2v) is 4.21. The number of esters is 1. The van der Waals surface area contributed by atoms with Gasteiger partial charge in [-0.2, -0.15) is 0 Å². The molecule has 0 amide bonds. The number of aliphatic hydroxyl groups excluding tert-OH is 2. The van der Waals surface area contributed by atoms with Crippen molar-refractivity contribution in [2.45, 2.75) is 25.6 Å². The van der Waals surface area contributed by atoms with Crippen LogP contribution in [0, 0.1) is 15.9 Å². The Kier molecular flexibility index (Phi) is 5.56. The highest BCUT2D eigenvalue weighted by molar-refractivity contribution is 5.70. The molecule has 0 saturated heterocycles. The number of nitrogen functional groups attached to an aromatic ring is 1. The van der Waals surface area contributed by atoms with E-state index < -0.39 is 46.7 Å². The van der Waals surface area contributed by atoms with Crippen molar-refractivity contribution >= 4 is 17.3 Å². The van der Waals surface area contributed by atoms with Gasteiger partial charge in [0, 0.05) is 5.56 Å². The molecular formula is C12H15FN2O6. The second kappa shape index (κ2) is 6.95. The summed E-state index contributed by atoms with van der Waals surface area (Å²) in [4.78, 5) is 21.0. The van der Waals surface area contributed by atoms with E-state index in [1.54, 1.807) is 6.92 Å². The molecule has 0 aliphatic carbocycles. The molecule has 2 atom stereocenters. The molecule has 0 aliphatic rings. The first kappa shape index (κ1) is 16.8. The number of rotatable bonds is 6. The van der Waals surface area contributed by atoms with Crippen LogP contribution in [0.3, 0.4) is 0 Å². The first-order valence-corrected chi connectivity index (χ1v) is 6.03. The van der Waals surface area contributed by atoms with Gasteiger partial charge in [-0.1, -0.05) is 0 Å². The number of hydrogen-bond acceptors (Lipinski definition) is 7. The molecule has 0 aliphatic heterocycles. The Bertz CT molecular complexity index is 551. The first-order chi connectivity index (χ1) is 9.77. The number of halogens is 1. The SMILES string of the molecule is CCOC(=O)CC(O)C(O)c1cc(F)cc([N+](=O)[O-])c1N. The fourth-order valence-electron chi connectivity index (χ4n) is 1.73. The predicted octanol–water partition coefficient (Wildman–Crippen LogP) is 0.664. The van der Waals surface area contributed by atoms with Gasteiger partial charge in [0.25, 0.3) is 5.69 Å². The number of benzene rings is 1. The minimum atomic E-state index is -1.76. The van der Waals surface area contributed by atoms with Crippen molar-refractivity contribution in [3.8, 4) is 0 Å². The highest BCUT2D eigenvalue weighted by Gasteiger charge is 2.28. The highest BCUT2D eigenvalue weighted by atomic mass is 19.1. The van der Waals surface area contributed by atoms with Crippen LogP contribution in [0.4, 0.5) is 15.8 Å². The lowest BCUT2D eigenvalue weighted by molar-refractivity contribution is -0.384. The standard InChI is InChI=1S/C12H15FN2O6/c1-2-21-10(17)5-9(16)12(18)7-3-6(13)4-8(11(7)14)15(19)20/h3-4,9,12,16,18H,2,5,14H2,1H3. The van der Waals surface area contributed by atoms with Crippen molar-refractivity contribution in [1.82, 2.24) is 0 Å². The third kappa shape index (κ3) is 4.10. The van der Waals surface area contributed by atoms with Gasteiger partial charge in [-0.05, 0) is 13.0 Å². The molecule has 9 heteroatoms. The number of nitro groups is 1. The molecule has 0 saturated carbocycles. The van der Waals surface area contributed by atoms with E-state index in [4.69, 9.17) is 5.73 Å². The van der Waals surface area contributed by atoms with Gasteiger partial charge in [-0.3, -0.25) is 14.9 Å². The van der Waals surface area contributed by atoms with Gasteiger partial charge < -0.3 is 20.7 Å². The van der Waals surface area contributed by atoms with Crippen LogP contribution in [-0.2, 0) is 9.53 Å². The zero-order valence-electron chi connectivity index (χ0n) is 11.2. The zero-order chi connectivity index (χ0) is 16.2. The summed E-state index contributed by atoms with van der Waals surface area (Å²) in [6.45, 7) is 1.66. The fourth-order valence-corrected chi connectivity index (χ4v) is 1.73. The molecule has 0 spiro atoms. The van der Waals surface area contributed by atoms with Crippen molar-refractivity contribution < 1.29 is 29.1 Å². The lowest BCUT2D eigenvalue weighted by Gasteiger charge is -2.19. The quantitative estimate of drug-likeness (QED) is 0.304. The lowest BCUT2D eigenvalue weighted by Crippen LogP contribution is -2.24. The number of anilines is 1. The van der Waals surface area contributed by atoms with Gasteiger partial charge in [0.1, 0.15) is 17.6 Å². The first-order valence-electron chi connectivity index (χ1n) is 6.03. The monoisotopic (exact) mass is 302 g/mol. The molecule has 2 unspecified atom stereocenters. The molecule has 1 rings (SSSR count). The summed E-state index contributed by atoms with van der Waals surface area (Å²) in [5.41, 5.74) is 3.92. The summed E-state index contributed by atoms with van der Waals surface area (Å²) in [7, 11) is 0. The van der Waals surface area contributed by atoms with E-state index in [1.807, 2.05) is 0 Å². The van der Waals surface area contributed by atoms with E-state index in [1.165, 1.54) is 0 Å². The number of hydrogen-bond donors (Lipinski definition) is 3. The molecule has 116 valence electrons. The summed E-state index contributed by atoms with van der Waals surface area (Å²) < 4.78 is 17.9. The molecule has 21 heavy (non-hydrogen) atoms. The summed E-state index contributed by atoms with van der Waals surface area (Å²) in [6.07, 6.45) is -3.95. The van der Waals surface area contributed by atoms with E-state index in [2.05, 4.69) is 4.74 Å². The average Bonchev–Trinajstić information content (AvgIpc) is 2.40. The number of ether oxygens (including phenoxy) is 1. The van der Waals surface area contributed by atoms with Gasteiger partial charge in [0.15, 0.2) is 0 Å². The second-order valence-electron chi connectivity index (χ2n) is 4.21. The Morgan fingerprint density at radius 2 is 2.14 bits per heavy atom. The van der Waals surface area contributed by atoms with Crippen LogP contribution in [0.15, 0.2) is 12.1 Å². The molecule has 0 heterocycles. The van der Waals surface area contributed by atoms with E-state index in [9.17, 15) is 29.5 Å². The number of carbonyl (C=O) groups excluding carboxylic acids is 1. The summed E-state index contributed by atoms with van der Waals surface area (Å²) in [5, 5.41) is 30.3. The molecule has 4 N–H and O–H groups in total. The molecule has 8 nitrogen and oxygen atoms in total. The number of nitrogens with zero attached hydrogens (tertiary/aromatic N) is 1. The zero-order valence-corrected chi connectivity index (χ0v) is 11.2. The Morgan fingerprint density at radius 1 is 1.52 bits per heavy atom. The molecule has 0 radical (unpaired) electrons. The van der Waals surface area contributed by atoms with Crippen LogP contribution in [0.25, 0.3) is 0 Å². The minimum absolute atomic E-state index is 0.0925. The predicted molar refractivity (Wildman–Crippen MR) is 69.7 cm³/mol. The van der Waals surface area contributed by atoms with Gasteiger partial charge >= 0.3 is 5.97 Å². The Hall–Kier alpha value is -2.26. The van der Waals surface area contributed by atoms with Crippen LogP contribution in [0.2, 0.25) is 0 Å². The van der Waals surface area contributed by atoms with Crippen LogP contribution in [-0.4, -0.2) is 33.8 Å². The van der Waals surface area contributed by atoms with E-state index >= 15 is 0 Å². The van der Waals surface area contributed by atoms with Crippen LogP contribution >= 0.6 is 0 Å². The molecule has 0 aromatic heterocycles. The van der Waals surface area contributed by atoms with Crippen molar-refractivity contribution in [2.24, 2.45) is 0 Å². The maximum atomic E-state index is 13.3. The number of nitrogens with two attached hydrogens (primary N) is 1. The van der Waals surface area contributed by atoms with Crippen molar-refractivity contribution in [3.63, 3.8) is 0 Å². The Morgan fingerprint density at radius 3 is 2.67 bits per heavy atom. The van der Waals surface area contributed by atoms with E-state index in [0.29, 0.717) is 6.07 Å². The Balaban J connectivity index is 3.04. The number of nitro benzene ring substituents is 1. The van der Waals surface area contributed by atoms with E-state index in [-0.39, 0.29) is 12.2 Å². The van der Waals surface area contributed by atoms with Crippen molar-refractivity contribution in [3.05, 3.63) is 33.6 Å². The maximum Gasteiger partial charge on any atom is 0.308 e. The summed E-state index contributed by atoms with van der Waals surface area (Å²) >= 11 is 0. The van der Waals surface area contributed by atoms with Crippen LogP contribution in [0.5, 0.6) is 0 Å². The third-order valence-electron chi connectivity index (χ3n) is 2.72. The van der Waals surface area contributed by atoms with E-state index in [0.717, 1.165) is 6.07 Å². The van der Waals surface area contributed by atoms with Crippen molar-refractivity contribution in [1.29, 1.82) is 0 Å². The number of carbonyl (C=O) groups is 1. The molecule has 1 aromatic carbocycles. The van der Waals surface area contributed by atoms with Gasteiger partial charge in [-0.15, -0.1) is 0 Å². The molecular weight excluding hydrogens is 287 g/mol. The van der Waals surface area contributed by atoms with Crippen LogP contribution < -0.4 is 5.73 Å². The fraction of sp³-hybridized carbons (Fsp3) is 0.417. The van der Waals surface area contributed by atoms with Gasteiger partial charge in [0.05, 0.1) is 30.1 Å². The summed E-state index contributed by atoms with van der Waals surface area (Å²) in [6, 6.07) is 1.37. The summed E-state index contributed by atoms with van der Waals surface area (Å²) in [5.74, 6) is -1.76. The van der Waals surface area contributed by atoms with Crippen molar-refractivity contribution in [2.75, 3.05) is 12.3 Å². The maximum absolute atomic E-state index is 13.3. The number of aliphatic hydroxyl groups is 2. The normalized spacial score (nSPS) is 13.5. The van der Waals surface area contributed by atoms with Crippen LogP contribution in [0.1, 0.15) is 25.0 Å². The van der Waals surface area contributed by atoms with Gasteiger partial charge in [-0.25, -0.2) is 4.39 Å². The average molecular weight is 302 g/mol. The molecule has 1 aromatic rings. The minimum Gasteiger partial charge on any atom is -0.466 e. The smallest absolute Gasteiger partial charge is 0.308 e. The Labute approximate surface area is 119 Å².